The summed E-state index contributed by atoms with van der Waals surface area (Å²) in [5, 5.41) is 14.9. The lowest BCUT2D eigenvalue weighted by Gasteiger charge is -2.14. The van der Waals surface area contributed by atoms with Crippen molar-refractivity contribution < 1.29 is 9.53 Å². The van der Waals surface area contributed by atoms with Gasteiger partial charge >= 0.3 is 0 Å². The molecule has 8 nitrogen and oxygen atoms in total. The SMILES string of the molecule is COCCn1cnnc1[C@@H](C)NC(=O)Cn1cc(C)cn1. The molecule has 0 aromatic carbocycles. The Kier molecular flexibility index (Phi) is 5.04. The lowest BCUT2D eigenvalue weighted by Crippen LogP contribution is -2.32. The molecule has 1 amide bonds. The summed E-state index contributed by atoms with van der Waals surface area (Å²) >= 11 is 0. The van der Waals surface area contributed by atoms with E-state index < -0.39 is 0 Å². The molecule has 0 saturated carbocycles. The second kappa shape index (κ2) is 6.98. The first-order valence-corrected chi connectivity index (χ1v) is 6.75. The van der Waals surface area contributed by atoms with E-state index in [4.69, 9.17) is 4.74 Å². The summed E-state index contributed by atoms with van der Waals surface area (Å²) < 4.78 is 8.51. The molecule has 0 aliphatic heterocycles. The van der Waals surface area contributed by atoms with E-state index in [1.807, 2.05) is 24.6 Å². The van der Waals surface area contributed by atoms with Crippen LogP contribution in [-0.2, 0) is 22.6 Å². The maximum absolute atomic E-state index is 12.0. The number of aromatic nitrogens is 5. The molecule has 1 atom stereocenters. The van der Waals surface area contributed by atoms with E-state index >= 15 is 0 Å². The van der Waals surface area contributed by atoms with Crippen molar-refractivity contribution in [2.75, 3.05) is 13.7 Å². The molecule has 2 aromatic rings. The monoisotopic (exact) mass is 292 g/mol. The highest BCUT2D eigenvalue weighted by Gasteiger charge is 2.16. The highest BCUT2D eigenvalue weighted by Crippen LogP contribution is 2.08. The molecule has 1 N–H and O–H groups in total. The van der Waals surface area contributed by atoms with Gasteiger partial charge in [0.15, 0.2) is 5.82 Å². The Balaban J connectivity index is 1.92. The van der Waals surface area contributed by atoms with E-state index in [0.29, 0.717) is 19.0 Å². The molecule has 114 valence electrons. The number of carbonyl (C=O) groups excluding carboxylic acids is 1. The van der Waals surface area contributed by atoms with Crippen molar-refractivity contribution in [1.29, 1.82) is 0 Å². The lowest BCUT2D eigenvalue weighted by atomic mass is 10.3. The smallest absolute Gasteiger partial charge is 0.242 e. The van der Waals surface area contributed by atoms with Gasteiger partial charge in [-0.05, 0) is 19.4 Å². The number of methoxy groups -OCH3 is 1. The predicted octanol–water partition coefficient (Wildman–Crippen LogP) is 0.307. The third-order valence-corrected chi connectivity index (χ3v) is 3.01. The molecule has 21 heavy (non-hydrogen) atoms. The zero-order valence-corrected chi connectivity index (χ0v) is 12.5. The van der Waals surface area contributed by atoms with Crippen molar-refractivity contribution in [2.45, 2.75) is 33.0 Å². The van der Waals surface area contributed by atoms with Gasteiger partial charge in [-0.1, -0.05) is 0 Å². The van der Waals surface area contributed by atoms with Gasteiger partial charge in [0, 0.05) is 19.9 Å². The molecule has 2 heterocycles. The molecular formula is C13H20N6O2. The maximum atomic E-state index is 12.0. The molecule has 0 fully saturated rings. The van der Waals surface area contributed by atoms with Gasteiger partial charge in [0.05, 0.1) is 18.8 Å². The molecule has 0 spiro atoms. The van der Waals surface area contributed by atoms with Crippen LogP contribution in [0.3, 0.4) is 0 Å². The molecule has 0 radical (unpaired) electrons. The molecule has 0 bridgehead atoms. The van der Waals surface area contributed by atoms with Crippen LogP contribution in [0, 0.1) is 6.92 Å². The number of amides is 1. The van der Waals surface area contributed by atoms with Crippen LogP contribution in [0.4, 0.5) is 0 Å². The van der Waals surface area contributed by atoms with E-state index in [0.717, 1.165) is 5.56 Å². The Bertz CT molecular complexity index is 591. The average molecular weight is 292 g/mol. The maximum Gasteiger partial charge on any atom is 0.242 e. The number of carbonyl (C=O) groups is 1. The third kappa shape index (κ3) is 4.12. The molecule has 0 aliphatic rings. The fourth-order valence-electron chi connectivity index (χ4n) is 2.01. The number of hydrogen-bond acceptors (Lipinski definition) is 5. The number of nitrogens with zero attached hydrogens (tertiary/aromatic N) is 5. The highest BCUT2D eigenvalue weighted by molar-refractivity contribution is 5.76. The normalized spacial score (nSPS) is 12.3. The van der Waals surface area contributed by atoms with E-state index in [1.165, 1.54) is 0 Å². The summed E-state index contributed by atoms with van der Waals surface area (Å²) in [6.07, 6.45) is 5.18. The van der Waals surface area contributed by atoms with E-state index in [9.17, 15) is 4.79 Å². The second-order valence-electron chi connectivity index (χ2n) is 4.88. The van der Waals surface area contributed by atoms with Crippen LogP contribution in [0.15, 0.2) is 18.7 Å². The summed E-state index contributed by atoms with van der Waals surface area (Å²) in [5.74, 6) is 0.587. The molecule has 0 aliphatic carbocycles. The minimum absolute atomic E-state index is 0.119. The number of aryl methyl sites for hydroxylation is 1. The van der Waals surface area contributed by atoms with Crippen molar-refractivity contribution in [3.05, 3.63) is 30.1 Å². The van der Waals surface area contributed by atoms with Crippen LogP contribution < -0.4 is 5.32 Å². The van der Waals surface area contributed by atoms with E-state index in [-0.39, 0.29) is 18.5 Å². The molecule has 2 aromatic heterocycles. The summed E-state index contributed by atoms with van der Waals surface area (Å²) in [4.78, 5) is 12.0. The Labute approximate surface area is 123 Å². The van der Waals surface area contributed by atoms with Crippen molar-refractivity contribution in [1.82, 2.24) is 29.9 Å². The highest BCUT2D eigenvalue weighted by atomic mass is 16.5. The van der Waals surface area contributed by atoms with Gasteiger partial charge in [-0.3, -0.25) is 9.48 Å². The summed E-state index contributed by atoms with van der Waals surface area (Å²) in [5.41, 5.74) is 1.02. The van der Waals surface area contributed by atoms with Crippen LogP contribution in [0.1, 0.15) is 24.4 Å². The van der Waals surface area contributed by atoms with Crippen molar-refractivity contribution in [2.24, 2.45) is 0 Å². The fraction of sp³-hybridized carbons (Fsp3) is 0.538. The molecular weight excluding hydrogens is 272 g/mol. The van der Waals surface area contributed by atoms with Gasteiger partial charge < -0.3 is 14.6 Å². The molecule has 8 heteroatoms. The second-order valence-corrected chi connectivity index (χ2v) is 4.88. The zero-order valence-electron chi connectivity index (χ0n) is 12.5. The molecule has 2 rings (SSSR count). The predicted molar refractivity (Wildman–Crippen MR) is 75.4 cm³/mol. The number of hydrogen-bond donors (Lipinski definition) is 1. The Morgan fingerprint density at radius 2 is 2.33 bits per heavy atom. The standard InChI is InChI=1S/C13H20N6O2/c1-10-6-15-19(7-10)8-12(20)16-11(2)13-17-14-9-18(13)4-5-21-3/h6-7,9,11H,4-5,8H2,1-3H3,(H,16,20)/t11-/m1/s1. The van der Waals surface area contributed by atoms with Gasteiger partial charge in [-0.15, -0.1) is 10.2 Å². The van der Waals surface area contributed by atoms with Gasteiger partial charge in [0.1, 0.15) is 12.9 Å². The quantitative estimate of drug-likeness (QED) is 0.793. The Morgan fingerprint density at radius 1 is 1.52 bits per heavy atom. The lowest BCUT2D eigenvalue weighted by molar-refractivity contribution is -0.122. The zero-order chi connectivity index (χ0) is 15.2. The van der Waals surface area contributed by atoms with Gasteiger partial charge in [0.25, 0.3) is 0 Å². The molecule has 0 unspecified atom stereocenters. The third-order valence-electron chi connectivity index (χ3n) is 3.01. The first-order valence-electron chi connectivity index (χ1n) is 6.75. The fourth-order valence-corrected chi connectivity index (χ4v) is 2.01. The molecule has 0 saturated heterocycles. The summed E-state index contributed by atoms with van der Waals surface area (Å²) in [6.45, 7) is 5.21. The number of rotatable bonds is 7. The topological polar surface area (TPSA) is 86.9 Å². The van der Waals surface area contributed by atoms with Crippen molar-refractivity contribution in [3.8, 4) is 0 Å². The van der Waals surface area contributed by atoms with Crippen LogP contribution in [0.2, 0.25) is 0 Å². The first-order chi connectivity index (χ1) is 10.1. The van der Waals surface area contributed by atoms with Crippen molar-refractivity contribution in [3.63, 3.8) is 0 Å². The van der Waals surface area contributed by atoms with Crippen molar-refractivity contribution >= 4 is 5.91 Å². The van der Waals surface area contributed by atoms with Crippen LogP contribution in [0.5, 0.6) is 0 Å². The van der Waals surface area contributed by atoms with Gasteiger partial charge in [-0.25, -0.2) is 0 Å². The first kappa shape index (κ1) is 15.2. The summed E-state index contributed by atoms with van der Waals surface area (Å²) in [7, 11) is 1.64. The van der Waals surface area contributed by atoms with Crippen LogP contribution >= 0.6 is 0 Å². The van der Waals surface area contributed by atoms with E-state index in [1.54, 1.807) is 24.3 Å². The Morgan fingerprint density at radius 3 is 3.00 bits per heavy atom. The Hall–Kier alpha value is -2.22. The summed E-state index contributed by atoms with van der Waals surface area (Å²) in [6, 6.07) is -0.228. The largest absolute Gasteiger partial charge is 0.383 e. The van der Waals surface area contributed by atoms with E-state index in [2.05, 4.69) is 20.6 Å². The van der Waals surface area contributed by atoms with Crippen LogP contribution in [-0.4, -0.2) is 44.2 Å². The number of ether oxygens (including phenoxy) is 1. The van der Waals surface area contributed by atoms with Gasteiger partial charge in [-0.2, -0.15) is 5.10 Å². The number of nitrogens with one attached hydrogen (secondary N) is 1. The van der Waals surface area contributed by atoms with Gasteiger partial charge in [0.2, 0.25) is 5.91 Å². The average Bonchev–Trinajstić information content (AvgIpc) is 3.05. The van der Waals surface area contributed by atoms with Crippen LogP contribution in [0.25, 0.3) is 0 Å². The minimum atomic E-state index is -0.228. The minimum Gasteiger partial charge on any atom is -0.383 e.